The summed E-state index contributed by atoms with van der Waals surface area (Å²) in [4.78, 5) is 40.4. The maximum absolute atomic E-state index is 13.0. The number of pyridine rings is 1. The second-order valence-electron chi connectivity index (χ2n) is 7.59. The number of aryl methyl sites for hydroxylation is 1. The zero-order valence-electron chi connectivity index (χ0n) is 18.5. The number of carbonyl (C=O) groups excluding carboxylic acids is 2. The fourth-order valence-corrected chi connectivity index (χ4v) is 3.54. The molecular formula is C23H25N5O5. The van der Waals surface area contributed by atoms with E-state index < -0.39 is 10.8 Å². The van der Waals surface area contributed by atoms with Crippen molar-refractivity contribution in [2.75, 3.05) is 18.9 Å². The number of nitrogens with zero attached hydrogens (tertiary/aromatic N) is 2. The highest BCUT2D eigenvalue weighted by molar-refractivity contribution is 6.07. The average Bonchev–Trinajstić information content (AvgIpc) is 2.80. The van der Waals surface area contributed by atoms with Gasteiger partial charge in [-0.2, -0.15) is 0 Å². The molecule has 10 nitrogen and oxygen atoms in total. The highest BCUT2D eigenvalue weighted by atomic mass is 16.6. The molecule has 0 fully saturated rings. The quantitative estimate of drug-likeness (QED) is 0.304. The molecule has 0 aliphatic rings. The van der Waals surface area contributed by atoms with Gasteiger partial charge in [0.2, 0.25) is 0 Å². The van der Waals surface area contributed by atoms with E-state index >= 15 is 0 Å². The van der Waals surface area contributed by atoms with Crippen LogP contribution in [0.4, 0.5) is 11.4 Å². The summed E-state index contributed by atoms with van der Waals surface area (Å²) < 4.78 is 0. The summed E-state index contributed by atoms with van der Waals surface area (Å²) in [6.07, 6.45) is 3.54. The Hall–Kier alpha value is -4.21. The summed E-state index contributed by atoms with van der Waals surface area (Å²) in [6, 6.07) is 7.24. The maximum atomic E-state index is 13.0. The molecule has 172 valence electrons. The van der Waals surface area contributed by atoms with Gasteiger partial charge in [-0.25, -0.2) is 0 Å². The Bertz CT molecular complexity index is 1230. The van der Waals surface area contributed by atoms with Crippen LogP contribution in [-0.4, -0.2) is 46.5 Å². The molecule has 0 aliphatic carbocycles. The van der Waals surface area contributed by atoms with Crippen molar-refractivity contribution < 1.29 is 19.6 Å². The summed E-state index contributed by atoms with van der Waals surface area (Å²) >= 11 is 0. The third kappa shape index (κ3) is 5.17. The van der Waals surface area contributed by atoms with Crippen molar-refractivity contribution in [3.05, 3.63) is 69.5 Å². The second kappa shape index (κ2) is 9.94. The van der Waals surface area contributed by atoms with Crippen molar-refractivity contribution >= 4 is 34.0 Å². The van der Waals surface area contributed by atoms with Crippen molar-refractivity contribution in [2.45, 2.75) is 26.3 Å². The zero-order valence-corrected chi connectivity index (χ0v) is 18.5. The van der Waals surface area contributed by atoms with Gasteiger partial charge in [0.25, 0.3) is 17.5 Å². The van der Waals surface area contributed by atoms with Crippen LogP contribution in [0.1, 0.15) is 39.6 Å². The van der Waals surface area contributed by atoms with E-state index in [0.29, 0.717) is 28.3 Å². The zero-order chi connectivity index (χ0) is 24.1. The van der Waals surface area contributed by atoms with Gasteiger partial charge in [0.05, 0.1) is 16.1 Å². The van der Waals surface area contributed by atoms with Crippen LogP contribution >= 0.6 is 0 Å². The van der Waals surface area contributed by atoms with Crippen LogP contribution in [-0.2, 0) is 0 Å². The SMILES string of the molecule is CCC(CNc1c(C(=O)NC)cc(C)cc1[N+](=O)[O-])NC(=O)c1cncc2cc(O)ccc12. The third-order valence-corrected chi connectivity index (χ3v) is 5.27. The molecule has 0 radical (unpaired) electrons. The topological polar surface area (TPSA) is 146 Å². The lowest BCUT2D eigenvalue weighted by Crippen LogP contribution is -2.39. The van der Waals surface area contributed by atoms with Gasteiger partial charge in [0, 0.05) is 43.5 Å². The molecule has 1 unspecified atom stereocenters. The number of aromatic hydroxyl groups is 1. The normalized spacial score (nSPS) is 11.6. The molecule has 1 atom stereocenters. The van der Waals surface area contributed by atoms with Gasteiger partial charge >= 0.3 is 0 Å². The molecule has 2 amide bonds. The number of amides is 2. The Kier molecular flexibility index (Phi) is 7.07. The molecule has 0 bridgehead atoms. The summed E-state index contributed by atoms with van der Waals surface area (Å²) in [5.74, 6) is -0.743. The Balaban J connectivity index is 1.84. The molecule has 0 saturated carbocycles. The lowest BCUT2D eigenvalue weighted by atomic mass is 10.1. The summed E-state index contributed by atoms with van der Waals surface area (Å²) in [7, 11) is 1.45. The fraction of sp³-hybridized carbons (Fsp3) is 0.261. The number of phenols is 1. The molecule has 1 aromatic heterocycles. The first-order valence-electron chi connectivity index (χ1n) is 10.4. The lowest BCUT2D eigenvalue weighted by Gasteiger charge is -2.20. The lowest BCUT2D eigenvalue weighted by molar-refractivity contribution is -0.384. The molecule has 1 heterocycles. The Morgan fingerprint density at radius 1 is 1.15 bits per heavy atom. The fourth-order valence-electron chi connectivity index (χ4n) is 3.54. The predicted octanol–water partition coefficient (Wildman–Crippen LogP) is 3.14. The molecular weight excluding hydrogens is 426 g/mol. The van der Waals surface area contributed by atoms with Crippen LogP contribution in [0.15, 0.2) is 42.7 Å². The van der Waals surface area contributed by atoms with Crippen molar-refractivity contribution in [3.63, 3.8) is 0 Å². The number of nitro benzene ring substituents is 1. The Labute approximate surface area is 190 Å². The van der Waals surface area contributed by atoms with Crippen molar-refractivity contribution in [2.24, 2.45) is 0 Å². The smallest absolute Gasteiger partial charge is 0.293 e. The molecule has 10 heteroatoms. The van der Waals surface area contributed by atoms with Crippen LogP contribution < -0.4 is 16.0 Å². The van der Waals surface area contributed by atoms with E-state index in [0.717, 1.165) is 0 Å². The minimum atomic E-state index is -0.543. The number of nitro groups is 1. The second-order valence-corrected chi connectivity index (χ2v) is 7.59. The van der Waals surface area contributed by atoms with E-state index in [1.165, 1.54) is 31.4 Å². The number of aromatic nitrogens is 1. The molecule has 0 aliphatic heterocycles. The van der Waals surface area contributed by atoms with E-state index in [4.69, 9.17) is 0 Å². The molecule has 4 N–H and O–H groups in total. The van der Waals surface area contributed by atoms with E-state index in [1.54, 1.807) is 25.3 Å². The van der Waals surface area contributed by atoms with E-state index in [9.17, 15) is 24.8 Å². The molecule has 0 spiro atoms. The highest BCUT2D eigenvalue weighted by Crippen LogP contribution is 2.30. The maximum Gasteiger partial charge on any atom is 0.293 e. The van der Waals surface area contributed by atoms with Gasteiger partial charge in [0.1, 0.15) is 11.4 Å². The minimum absolute atomic E-state index is 0.0732. The van der Waals surface area contributed by atoms with Gasteiger partial charge in [-0.15, -0.1) is 0 Å². The first kappa shape index (κ1) is 23.5. The van der Waals surface area contributed by atoms with Crippen LogP contribution in [0, 0.1) is 17.0 Å². The number of phenolic OH excluding ortho intramolecular Hbond substituents is 1. The van der Waals surface area contributed by atoms with E-state index in [-0.39, 0.29) is 41.2 Å². The molecule has 3 rings (SSSR count). The number of carbonyl (C=O) groups is 2. The average molecular weight is 451 g/mol. The largest absolute Gasteiger partial charge is 0.508 e. The van der Waals surface area contributed by atoms with Gasteiger partial charge in [-0.3, -0.25) is 24.7 Å². The molecule has 3 aromatic rings. The van der Waals surface area contributed by atoms with E-state index in [2.05, 4.69) is 20.9 Å². The van der Waals surface area contributed by atoms with Gasteiger partial charge in [-0.1, -0.05) is 6.92 Å². The number of nitrogens with one attached hydrogen (secondary N) is 3. The van der Waals surface area contributed by atoms with Gasteiger partial charge in [0.15, 0.2) is 0 Å². The van der Waals surface area contributed by atoms with E-state index in [1.807, 2.05) is 6.92 Å². The van der Waals surface area contributed by atoms with Crippen LogP contribution in [0.25, 0.3) is 10.8 Å². The van der Waals surface area contributed by atoms with Crippen molar-refractivity contribution in [3.8, 4) is 5.75 Å². The first-order valence-corrected chi connectivity index (χ1v) is 10.4. The Morgan fingerprint density at radius 3 is 2.58 bits per heavy atom. The molecule has 0 saturated heterocycles. The molecule has 33 heavy (non-hydrogen) atoms. The van der Waals surface area contributed by atoms with Crippen molar-refractivity contribution in [1.29, 1.82) is 0 Å². The standard InChI is InChI=1S/C23H25N5O5/c1-4-15(27-23(31)19-12-25-10-14-9-16(29)5-6-17(14)19)11-26-21-18(22(30)24-3)7-13(2)8-20(21)28(32)33/h5-10,12,15,26,29H,4,11H2,1-3H3,(H,24,30)(H,27,31). The first-order chi connectivity index (χ1) is 15.7. The van der Waals surface area contributed by atoms with Crippen LogP contribution in [0.2, 0.25) is 0 Å². The third-order valence-electron chi connectivity index (χ3n) is 5.27. The van der Waals surface area contributed by atoms with Gasteiger partial charge in [-0.05, 0) is 48.6 Å². The summed E-state index contributed by atoms with van der Waals surface area (Å²) in [5, 5.41) is 30.9. The molecule has 2 aromatic carbocycles. The summed E-state index contributed by atoms with van der Waals surface area (Å²) in [5.41, 5.74) is 0.968. The van der Waals surface area contributed by atoms with Gasteiger partial charge < -0.3 is 21.1 Å². The number of anilines is 1. The number of hydrogen-bond donors (Lipinski definition) is 4. The summed E-state index contributed by atoms with van der Waals surface area (Å²) in [6.45, 7) is 3.71. The van der Waals surface area contributed by atoms with Crippen LogP contribution in [0.3, 0.4) is 0 Å². The van der Waals surface area contributed by atoms with Crippen LogP contribution in [0.5, 0.6) is 5.75 Å². The number of rotatable bonds is 8. The highest BCUT2D eigenvalue weighted by Gasteiger charge is 2.24. The Morgan fingerprint density at radius 2 is 1.91 bits per heavy atom. The monoisotopic (exact) mass is 451 g/mol. The minimum Gasteiger partial charge on any atom is -0.508 e. The van der Waals surface area contributed by atoms with Crippen molar-refractivity contribution in [1.82, 2.24) is 15.6 Å². The number of hydrogen-bond acceptors (Lipinski definition) is 7. The predicted molar refractivity (Wildman–Crippen MR) is 125 cm³/mol. The number of benzene rings is 2. The number of fused-ring (bicyclic) bond motifs is 1.